The molecule has 42 heavy (non-hydrogen) atoms. The van der Waals surface area contributed by atoms with Crippen LogP contribution in [0.1, 0.15) is 0 Å². The van der Waals surface area contributed by atoms with E-state index < -0.39 is 0 Å². The highest BCUT2D eigenvalue weighted by Crippen LogP contribution is 2.45. The number of fused-ring (bicyclic) bond motifs is 4. The van der Waals surface area contributed by atoms with Gasteiger partial charge in [0.25, 0.3) is 0 Å². The van der Waals surface area contributed by atoms with Gasteiger partial charge in [0.05, 0.1) is 16.7 Å². The van der Waals surface area contributed by atoms with Crippen molar-refractivity contribution >= 4 is 49.6 Å². The minimum absolute atomic E-state index is 1.12. The van der Waals surface area contributed by atoms with Crippen LogP contribution in [-0.4, -0.2) is 4.57 Å². The van der Waals surface area contributed by atoms with Crippen LogP contribution in [0.5, 0.6) is 0 Å². The molecule has 0 amide bonds. The molecule has 1 aromatic heterocycles. The molecule has 0 unspecified atom stereocenters. The van der Waals surface area contributed by atoms with Crippen molar-refractivity contribution in [2.24, 2.45) is 0 Å². The molecule has 7 aromatic carbocycles. The zero-order valence-electron chi connectivity index (χ0n) is 23.1. The van der Waals surface area contributed by atoms with Gasteiger partial charge in [0, 0.05) is 33.4 Å². The van der Waals surface area contributed by atoms with Crippen molar-refractivity contribution in [3.8, 4) is 16.8 Å². The fourth-order valence-electron chi connectivity index (χ4n) is 6.31. The molecule has 8 aromatic rings. The first kappa shape index (κ1) is 24.2. The maximum Gasteiger partial charge on any atom is 0.0547 e. The van der Waals surface area contributed by atoms with E-state index in [9.17, 15) is 0 Å². The number of nitrogens with zero attached hydrogens (tertiary/aromatic N) is 2. The van der Waals surface area contributed by atoms with E-state index in [0.717, 1.165) is 22.7 Å². The van der Waals surface area contributed by atoms with Crippen LogP contribution in [0.25, 0.3) is 49.4 Å². The summed E-state index contributed by atoms with van der Waals surface area (Å²) in [5.41, 5.74) is 9.37. The Hall–Kier alpha value is -5.60. The van der Waals surface area contributed by atoms with Gasteiger partial charge in [-0.2, -0.15) is 0 Å². The van der Waals surface area contributed by atoms with Crippen molar-refractivity contribution < 1.29 is 0 Å². The van der Waals surface area contributed by atoms with Gasteiger partial charge in [-0.3, -0.25) is 0 Å². The molecule has 2 heteroatoms. The van der Waals surface area contributed by atoms with Gasteiger partial charge >= 0.3 is 0 Å². The largest absolute Gasteiger partial charge is 0.310 e. The Morgan fingerprint density at radius 1 is 0.405 bits per heavy atom. The third kappa shape index (κ3) is 3.96. The van der Waals surface area contributed by atoms with Crippen molar-refractivity contribution in [3.05, 3.63) is 170 Å². The summed E-state index contributed by atoms with van der Waals surface area (Å²) in [5.74, 6) is 0. The summed E-state index contributed by atoms with van der Waals surface area (Å²) >= 11 is 0. The van der Waals surface area contributed by atoms with Gasteiger partial charge in [-0.05, 0) is 70.9 Å². The van der Waals surface area contributed by atoms with Crippen LogP contribution >= 0.6 is 0 Å². The van der Waals surface area contributed by atoms with E-state index in [-0.39, 0.29) is 0 Å². The van der Waals surface area contributed by atoms with Gasteiger partial charge in [0.1, 0.15) is 0 Å². The topological polar surface area (TPSA) is 8.17 Å². The fourth-order valence-corrected chi connectivity index (χ4v) is 6.31. The Bertz CT molecular complexity index is 2140. The van der Waals surface area contributed by atoms with E-state index in [4.69, 9.17) is 0 Å². The van der Waals surface area contributed by atoms with Crippen molar-refractivity contribution in [2.75, 3.05) is 4.90 Å². The first-order chi connectivity index (χ1) is 20.9. The monoisotopic (exact) mass is 536 g/mol. The standard InChI is InChI=1S/C40H28N2/c1-4-15-31(16-5-1)41(32-17-6-2-7-18-32)38-27-25-29-14-10-11-21-34(29)40(38)30-24-26-36-35-22-12-13-23-37(35)42(39(36)28-30)33-19-8-3-9-20-33/h1-28H. The van der Waals surface area contributed by atoms with Crippen molar-refractivity contribution in [2.45, 2.75) is 0 Å². The number of anilines is 3. The molecular weight excluding hydrogens is 508 g/mol. The lowest BCUT2D eigenvalue weighted by Gasteiger charge is -2.28. The van der Waals surface area contributed by atoms with Gasteiger partial charge in [-0.1, -0.05) is 115 Å². The number of hydrogen-bond acceptors (Lipinski definition) is 1. The van der Waals surface area contributed by atoms with Gasteiger partial charge in [0.2, 0.25) is 0 Å². The Morgan fingerprint density at radius 3 is 1.69 bits per heavy atom. The Labute approximate surface area is 245 Å². The van der Waals surface area contributed by atoms with Gasteiger partial charge in [-0.25, -0.2) is 0 Å². The lowest BCUT2D eigenvalue weighted by Crippen LogP contribution is -2.11. The Kier molecular flexibility index (Phi) is 5.82. The van der Waals surface area contributed by atoms with Crippen molar-refractivity contribution in [3.63, 3.8) is 0 Å². The molecule has 8 rings (SSSR count). The number of rotatable bonds is 5. The summed E-state index contributed by atoms with van der Waals surface area (Å²) in [6, 6.07) is 60.9. The van der Waals surface area contributed by atoms with E-state index in [1.165, 1.54) is 43.7 Å². The molecule has 0 fully saturated rings. The molecule has 198 valence electrons. The molecule has 0 N–H and O–H groups in total. The third-order valence-corrected chi connectivity index (χ3v) is 8.15. The van der Waals surface area contributed by atoms with Gasteiger partial charge in [-0.15, -0.1) is 0 Å². The smallest absolute Gasteiger partial charge is 0.0547 e. The molecule has 0 bridgehead atoms. The zero-order valence-corrected chi connectivity index (χ0v) is 23.1. The molecule has 0 aliphatic carbocycles. The van der Waals surface area contributed by atoms with Crippen LogP contribution in [0.4, 0.5) is 17.1 Å². The quantitative estimate of drug-likeness (QED) is 0.212. The SMILES string of the molecule is c1ccc(N(c2ccccc2)c2ccc3ccccc3c2-c2ccc3c4ccccc4n(-c4ccccc4)c3c2)cc1. The predicted octanol–water partition coefficient (Wildman–Crippen LogP) is 11.1. The normalized spacial score (nSPS) is 11.3. The van der Waals surface area contributed by atoms with Crippen molar-refractivity contribution in [1.29, 1.82) is 0 Å². The maximum atomic E-state index is 2.39. The summed E-state index contributed by atoms with van der Waals surface area (Å²) in [6.07, 6.45) is 0. The van der Waals surface area contributed by atoms with Crippen LogP contribution in [0, 0.1) is 0 Å². The van der Waals surface area contributed by atoms with Crippen molar-refractivity contribution in [1.82, 2.24) is 4.57 Å². The van der Waals surface area contributed by atoms with Gasteiger partial charge in [0.15, 0.2) is 0 Å². The first-order valence-electron chi connectivity index (χ1n) is 14.4. The summed E-state index contributed by atoms with van der Waals surface area (Å²) in [5, 5.41) is 4.97. The van der Waals surface area contributed by atoms with E-state index in [1.54, 1.807) is 0 Å². The zero-order chi connectivity index (χ0) is 27.9. The number of benzene rings is 7. The molecule has 0 saturated carbocycles. The summed E-state index contributed by atoms with van der Waals surface area (Å²) in [7, 11) is 0. The van der Waals surface area contributed by atoms with Crippen LogP contribution in [-0.2, 0) is 0 Å². The lowest BCUT2D eigenvalue weighted by atomic mass is 9.94. The Balaban J connectivity index is 1.46. The first-order valence-corrected chi connectivity index (χ1v) is 14.4. The van der Waals surface area contributed by atoms with E-state index in [2.05, 4.69) is 179 Å². The van der Waals surface area contributed by atoms with Crippen LogP contribution in [0.15, 0.2) is 170 Å². The number of hydrogen-bond donors (Lipinski definition) is 0. The molecule has 0 spiro atoms. The fraction of sp³-hybridized carbons (Fsp3) is 0. The molecule has 0 aliphatic rings. The molecule has 1 heterocycles. The van der Waals surface area contributed by atoms with Crippen LogP contribution < -0.4 is 4.90 Å². The lowest BCUT2D eigenvalue weighted by molar-refractivity contribution is 1.18. The minimum Gasteiger partial charge on any atom is -0.310 e. The second-order valence-corrected chi connectivity index (χ2v) is 10.6. The molecular formula is C40H28N2. The third-order valence-electron chi connectivity index (χ3n) is 8.15. The van der Waals surface area contributed by atoms with E-state index in [0.29, 0.717) is 0 Å². The average molecular weight is 537 g/mol. The summed E-state index contributed by atoms with van der Waals surface area (Å²) in [6.45, 7) is 0. The summed E-state index contributed by atoms with van der Waals surface area (Å²) in [4.78, 5) is 2.37. The average Bonchev–Trinajstić information content (AvgIpc) is 3.40. The highest BCUT2D eigenvalue weighted by molar-refractivity contribution is 6.12. The molecule has 2 nitrogen and oxygen atoms in total. The highest BCUT2D eigenvalue weighted by Gasteiger charge is 2.20. The van der Waals surface area contributed by atoms with Gasteiger partial charge < -0.3 is 9.47 Å². The number of aromatic nitrogens is 1. The molecule has 0 radical (unpaired) electrons. The minimum atomic E-state index is 1.12. The maximum absolute atomic E-state index is 2.39. The molecule has 0 atom stereocenters. The Morgan fingerprint density at radius 2 is 0.976 bits per heavy atom. The predicted molar refractivity (Wildman–Crippen MR) is 178 cm³/mol. The highest BCUT2D eigenvalue weighted by atomic mass is 15.1. The number of para-hydroxylation sites is 4. The molecule has 0 aliphatic heterocycles. The molecule has 0 saturated heterocycles. The van der Waals surface area contributed by atoms with E-state index in [1.807, 2.05) is 0 Å². The second-order valence-electron chi connectivity index (χ2n) is 10.6. The summed E-state index contributed by atoms with van der Waals surface area (Å²) < 4.78 is 2.39. The van der Waals surface area contributed by atoms with Crippen LogP contribution in [0.2, 0.25) is 0 Å². The van der Waals surface area contributed by atoms with E-state index >= 15 is 0 Å². The van der Waals surface area contributed by atoms with Crippen LogP contribution in [0.3, 0.4) is 0 Å². The second kappa shape index (κ2) is 10.1.